The van der Waals surface area contributed by atoms with Crippen molar-refractivity contribution in [3.05, 3.63) is 83.0 Å². The van der Waals surface area contributed by atoms with E-state index in [0.29, 0.717) is 22.4 Å². The Labute approximate surface area is 152 Å². The number of hydrogen-bond acceptors (Lipinski definition) is 4. The third-order valence-corrected chi connectivity index (χ3v) is 4.17. The monoisotopic (exact) mass is 363 g/mol. The van der Waals surface area contributed by atoms with Gasteiger partial charge in [-0.3, -0.25) is 4.79 Å². The highest BCUT2D eigenvalue weighted by Crippen LogP contribution is 2.37. The molecule has 0 saturated heterocycles. The number of imidazole rings is 1. The molecule has 134 valence electrons. The van der Waals surface area contributed by atoms with Crippen LogP contribution in [0.2, 0.25) is 0 Å². The van der Waals surface area contributed by atoms with Gasteiger partial charge >= 0.3 is 0 Å². The summed E-state index contributed by atoms with van der Waals surface area (Å²) in [7, 11) is 0. The number of phenols is 1. The van der Waals surface area contributed by atoms with Crippen molar-refractivity contribution >= 4 is 0 Å². The Morgan fingerprint density at radius 3 is 2.44 bits per heavy atom. The van der Waals surface area contributed by atoms with Crippen LogP contribution in [0.5, 0.6) is 5.75 Å². The summed E-state index contributed by atoms with van der Waals surface area (Å²) in [5.41, 5.74) is 1.56. The highest BCUT2D eigenvalue weighted by atomic mass is 19.1. The predicted octanol–water partition coefficient (Wildman–Crippen LogP) is 3.65. The summed E-state index contributed by atoms with van der Waals surface area (Å²) in [5.74, 6) is -0.357. The molecule has 0 amide bonds. The molecule has 4 aromatic rings. The Hall–Kier alpha value is -3.87. The largest absolute Gasteiger partial charge is 0.507 e. The van der Waals surface area contributed by atoms with E-state index in [1.165, 1.54) is 42.6 Å². The molecule has 0 bridgehead atoms. The molecule has 3 N–H and O–H groups in total. The molecular weight excluding hydrogens is 349 g/mol. The van der Waals surface area contributed by atoms with E-state index in [1.807, 2.05) is 0 Å². The summed E-state index contributed by atoms with van der Waals surface area (Å²) < 4.78 is 14.1. The molecule has 0 aliphatic heterocycles. The van der Waals surface area contributed by atoms with Gasteiger partial charge in [0.2, 0.25) is 5.56 Å². The van der Waals surface area contributed by atoms with Gasteiger partial charge in [-0.2, -0.15) is 4.73 Å². The zero-order chi connectivity index (χ0) is 19.0. The van der Waals surface area contributed by atoms with Crippen LogP contribution in [0.25, 0.3) is 33.9 Å². The van der Waals surface area contributed by atoms with Crippen molar-refractivity contribution in [1.82, 2.24) is 14.7 Å². The highest BCUT2D eigenvalue weighted by molar-refractivity contribution is 5.82. The van der Waals surface area contributed by atoms with E-state index in [0.717, 1.165) is 4.73 Å². The third-order valence-electron chi connectivity index (χ3n) is 4.17. The normalized spacial score (nSPS) is 10.9. The minimum absolute atomic E-state index is 0.0547. The summed E-state index contributed by atoms with van der Waals surface area (Å²) in [6.07, 6.45) is 1.46. The first kappa shape index (κ1) is 16.6. The number of halogens is 1. The van der Waals surface area contributed by atoms with Crippen molar-refractivity contribution in [3.63, 3.8) is 0 Å². The van der Waals surface area contributed by atoms with Gasteiger partial charge in [-0.1, -0.05) is 12.1 Å². The van der Waals surface area contributed by atoms with Crippen LogP contribution < -0.4 is 5.56 Å². The van der Waals surface area contributed by atoms with E-state index >= 15 is 0 Å². The molecule has 0 aliphatic carbocycles. The van der Waals surface area contributed by atoms with Crippen molar-refractivity contribution in [2.75, 3.05) is 0 Å². The van der Waals surface area contributed by atoms with Gasteiger partial charge in [0, 0.05) is 23.4 Å². The SMILES string of the molecule is O=c1cc(-c2c(-c3ccc(F)cc3)nc(-c3ccccc3O)n2O)cc[nH]1. The Kier molecular flexibility index (Phi) is 3.97. The van der Waals surface area contributed by atoms with E-state index in [-0.39, 0.29) is 22.8 Å². The number of phenolic OH excluding ortho intramolecular Hbond substituents is 1. The first-order chi connectivity index (χ1) is 13.0. The second-order valence-corrected chi connectivity index (χ2v) is 5.91. The maximum Gasteiger partial charge on any atom is 0.248 e. The van der Waals surface area contributed by atoms with Crippen LogP contribution in [0.3, 0.4) is 0 Å². The molecule has 2 aromatic carbocycles. The number of H-pyrrole nitrogens is 1. The standard InChI is InChI=1S/C20H14FN3O3/c21-14-7-5-12(6-8-14)18-19(13-9-10-22-17(26)11-13)24(27)20(23-18)15-3-1-2-4-16(15)25/h1-11,25,27H,(H,22,26). The molecular formula is C20H14FN3O3. The van der Waals surface area contributed by atoms with Gasteiger partial charge in [0.25, 0.3) is 0 Å². The highest BCUT2D eigenvalue weighted by Gasteiger charge is 2.22. The van der Waals surface area contributed by atoms with E-state index in [9.17, 15) is 19.5 Å². The summed E-state index contributed by atoms with van der Waals surface area (Å²) in [5, 5.41) is 20.9. The number of nitrogens with one attached hydrogen (secondary N) is 1. The fraction of sp³-hybridized carbons (Fsp3) is 0. The number of nitrogens with zero attached hydrogens (tertiary/aromatic N) is 2. The average molecular weight is 363 g/mol. The summed E-state index contributed by atoms with van der Waals surface area (Å²) in [6, 6.07) is 15.0. The fourth-order valence-electron chi connectivity index (χ4n) is 2.91. The molecule has 2 heterocycles. The first-order valence-corrected chi connectivity index (χ1v) is 8.10. The van der Waals surface area contributed by atoms with Crippen LogP contribution in [-0.4, -0.2) is 25.0 Å². The zero-order valence-electron chi connectivity index (χ0n) is 13.9. The molecule has 27 heavy (non-hydrogen) atoms. The van der Waals surface area contributed by atoms with Crippen LogP contribution in [-0.2, 0) is 0 Å². The minimum atomic E-state index is -0.402. The van der Waals surface area contributed by atoms with Crippen LogP contribution in [0, 0.1) is 5.82 Å². The molecule has 0 radical (unpaired) electrons. The molecule has 6 nitrogen and oxygen atoms in total. The summed E-state index contributed by atoms with van der Waals surface area (Å²) in [6.45, 7) is 0. The Balaban J connectivity index is 2.02. The number of rotatable bonds is 3. The molecule has 0 atom stereocenters. The average Bonchev–Trinajstić information content (AvgIpc) is 3.00. The van der Waals surface area contributed by atoms with E-state index in [1.54, 1.807) is 24.3 Å². The Morgan fingerprint density at radius 1 is 1.00 bits per heavy atom. The van der Waals surface area contributed by atoms with Crippen LogP contribution in [0.1, 0.15) is 0 Å². The van der Waals surface area contributed by atoms with Gasteiger partial charge in [0.15, 0.2) is 5.82 Å². The second kappa shape index (κ2) is 6.45. The molecule has 0 fully saturated rings. The van der Waals surface area contributed by atoms with E-state index < -0.39 is 5.82 Å². The molecule has 0 spiro atoms. The number of pyridine rings is 1. The number of aromatic nitrogens is 3. The lowest BCUT2D eigenvalue weighted by Crippen LogP contribution is -2.04. The van der Waals surface area contributed by atoms with Gasteiger partial charge in [-0.25, -0.2) is 9.37 Å². The maximum absolute atomic E-state index is 13.3. The van der Waals surface area contributed by atoms with Crippen LogP contribution in [0.15, 0.2) is 71.7 Å². The number of aromatic amines is 1. The van der Waals surface area contributed by atoms with Gasteiger partial charge < -0.3 is 15.3 Å². The van der Waals surface area contributed by atoms with Gasteiger partial charge in [0.1, 0.15) is 23.0 Å². The van der Waals surface area contributed by atoms with Crippen LogP contribution >= 0.6 is 0 Å². The van der Waals surface area contributed by atoms with E-state index in [2.05, 4.69) is 9.97 Å². The van der Waals surface area contributed by atoms with Crippen molar-refractivity contribution in [2.45, 2.75) is 0 Å². The van der Waals surface area contributed by atoms with Crippen molar-refractivity contribution in [1.29, 1.82) is 0 Å². The number of para-hydroxylation sites is 1. The topological polar surface area (TPSA) is 91.1 Å². The van der Waals surface area contributed by atoms with Crippen LogP contribution in [0.4, 0.5) is 4.39 Å². The summed E-state index contributed by atoms with van der Waals surface area (Å²) in [4.78, 5) is 18.7. The fourth-order valence-corrected chi connectivity index (χ4v) is 2.91. The lowest BCUT2D eigenvalue weighted by molar-refractivity contribution is 0.195. The van der Waals surface area contributed by atoms with Crippen molar-refractivity contribution < 1.29 is 14.7 Å². The number of benzene rings is 2. The Morgan fingerprint density at radius 2 is 1.74 bits per heavy atom. The molecule has 0 saturated carbocycles. The number of aromatic hydroxyl groups is 1. The molecule has 0 aliphatic rings. The molecule has 4 rings (SSSR count). The van der Waals surface area contributed by atoms with Crippen molar-refractivity contribution in [3.8, 4) is 39.7 Å². The summed E-state index contributed by atoms with van der Waals surface area (Å²) >= 11 is 0. The Bertz CT molecular complexity index is 1180. The maximum atomic E-state index is 13.3. The van der Waals surface area contributed by atoms with Gasteiger partial charge in [-0.15, -0.1) is 0 Å². The lowest BCUT2D eigenvalue weighted by atomic mass is 10.1. The quantitative estimate of drug-likeness (QED) is 0.485. The first-order valence-electron chi connectivity index (χ1n) is 8.10. The zero-order valence-corrected chi connectivity index (χ0v) is 13.9. The minimum Gasteiger partial charge on any atom is -0.507 e. The van der Waals surface area contributed by atoms with E-state index in [4.69, 9.17) is 0 Å². The third kappa shape index (κ3) is 2.95. The van der Waals surface area contributed by atoms with Gasteiger partial charge in [-0.05, 0) is 42.5 Å². The second-order valence-electron chi connectivity index (χ2n) is 5.91. The smallest absolute Gasteiger partial charge is 0.248 e. The lowest BCUT2D eigenvalue weighted by Gasteiger charge is -2.07. The molecule has 7 heteroatoms. The number of hydrogen-bond donors (Lipinski definition) is 3. The van der Waals surface area contributed by atoms with Gasteiger partial charge in [0.05, 0.1) is 5.56 Å². The molecule has 0 unspecified atom stereocenters. The molecule has 2 aromatic heterocycles. The predicted molar refractivity (Wildman–Crippen MR) is 98.0 cm³/mol. The van der Waals surface area contributed by atoms with Crippen molar-refractivity contribution in [2.24, 2.45) is 0 Å².